The van der Waals surface area contributed by atoms with Gasteiger partial charge in [0.2, 0.25) is 11.8 Å². The maximum absolute atomic E-state index is 13.5. The first kappa shape index (κ1) is 32.2. The Morgan fingerprint density at radius 1 is 1.06 bits per heavy atom. The highest BCUT2D eigenvalue weighted by atomic mass is 16.3. The van der Waals surface area contributed by atoms with Crippen molar-refractivity contribution in [1.29, 1.82) is 0 Å². The Morgan fingerprint density at radius 2 is 1.68 bits per heavy atom. The Morgan fingerprint density at radius 3 is 2.15 bits per heavy atom. The van der Waals surface area contributed by atoms with E-state index in [1.54, 1.807) is 19.2 Å². The molecule has 2 amide bonds. The number of carbonyl (C=O) groups is 3. The van der Waals surface area contributed by atoms with Crippen molar-refractivity contribution in [1.82, 2.24) is 15.5 Å². The molecule has 0 aromatic heterocycles. The molecule has 0 fully saturated rings. The number of unbranched alkanes of at least 4 members (excludes halogenated alkanes) is 1. The topological polar surface area (TPSA) is 119 Å². The molecule has 8 nitrogen and oxygen atoms in total. The van der Waals surface area contributed by atoms with Gasteiger partial charge in [0.05, 0.1) is 18.8 Å². The molecule has 0 saturated carbocycles. The normalized spacial score (nSPS) is 16.4. The van der Waals surface area contributed by atoms with Crippen LogP contribution in [0.3, 0.4) is 0 Å². The second-order valence-corrected chi connectivity index (χ2v) is 10.0. The molecule has 0 aliphatic rings. The van der Waals surface area contributed by atoms with Gasteiger partial charge in [0.15, 0.2) is 5.78 Å². The third kappa shape index (κ3) is 10.7. The molecule has 0 aromatic rings. The van der Waals surface area contributed by atoms with Crippen molar-refractivity contribution < 1.29 is 24.6 Å². The summed E-state index contributed by atoms with van der Waals surface area (Å²) < 4.78 is 0. The molecule has 5 atom stereocenters. The summed E-state index contributed by atoms with van der Waals surface area (Å²) in [5.74, 6) is -1.05. The van der Waals surface area contributed by atoms with Crippen LogP contribution in [-0.2, 0) is 14.4 Å². The van der Waals surface area contributed by atoms with E-state index in [9.17, 15) is 19.5 Å². The average molecular weight is 484 g/mol. The van der Waals surface area contributed by atoms with Crippen molar-refractivity contribution in [2.24, 2.45) is 17.8 Å². The van der Waals surface area contributed by atoms with Crippen LogP contribution >= 0.6 is 0 Å². The highest BCUT2D eigenvalue weighted by Crippen LogP contribution is 2.21. The predicted molar refractivity (Wildman–Crippen MR) is 136 cm³/mol. The molecule has 8 heteroatoms. The van der Waals surface area contributed by atoms with E-state index >= 15 is 0 Å². The van der Waals surface area contributed by atoms with Gasteiger partial charge in [0, 0.05) is 13.5 Å². The number of ketones is 1. The molecule has 0 bridgehead atoms. The second kappa shape index (κ2) is 16.8. The van der Waals surface area contributed by atoms with E-state index in [0.29, 0.717) is 25.2 Å². The van der Waals surface area contributed by atoms with Crippen LogP contribution < -0.4 is 10.6 Å². The first-order valence-corrected chi connectivity index (χ1v) is 12.6. The van der Waals surface area contributed by atoms with E-state index in [2.05, 4.69) is 10.6 Å². The molecule has 0 saturated heterocycles. The minimum Gasteiger partial charge on any atom is -0.392 e. The van der Waals surface area contributed by atoms with Crippen LogP contribution in [-0.4, -0.2) is 77.6 Å². The zero-order chi connectivity index (χ0) is 26.4. The second-order valence-electron chi connectivity index (χ2n) is 10.0. The molecular weight excluding hydrogens is 434 g/mol. The fourth-order valence-corrected chi connectivity index (χ4v) is 3.92. The molecule has 0 aliphatic heterocycles. The lowest BCUT2D eigenvalue weighted by atomic mass is 9.89. The van der Waals surface area contributed by atoms with Gasteiger partial charge in [-0.1, -0.05) is 60.1 Å². The summed E-state index contributed by atoms with van der Waals surface area (Å²) in [5, 5.41) is 25.9. The molecular formula is C26H49N3O5. The van der Waals surface area contributed by atoms with E-state index in [-0.39, 0.29) is 36.6 Å². The van der Waals surface area contributed by atoms with Crippen LogP contribution in [0.5, 0.6) is 0 Å². The van der Waals surface area contributed by atoms with Gasteiger partial charge in [-0.3, -0.25) is 14.4 Å². The Hall–Kier alpha value is -1.77. The monoisotopic (exact) mass is 483 g/mol. The number of Topliss-reactive ketones (excluding diaryl/α,β-unsaturated/α-hetero) is 1. The fourth-order valence-electron chi connectivity index (χ4n) is 3.92. The minimum atomic E-state index is -1.07. The number of carbonyl (C=O) groups excluding carboxylic acids is 3. The van der Waals surface area contributed by atoms with Crippen molar-refractivity contribution in [3.63, 3.8) is 0 Å². The third-order valence-electron chi connectivity index (χ3n) is 6.16. The summed E-state index contributed by atoms with van der Waals surface area (Å²) in [4.78, 5) is 40.9. The molecule has 0 radical (unpaired) electrons. The quantitative estimate of drug-likeness (QED) is 0.236. The summed E-state index contributed by atoms with van der Waals surface area (Å²) in [5.41, 5.74) is 0. The number of nitrogens with one attached hydrogen (secondary N) is 2. The van der Waals surface area contributed by atoms with Crippen LogP contribution in [0.1, 0.15) is 73.6 Å². The number of aliphatic hydroxyl groups is 2. The zero-order valence-electron chi connectivity index (χ0n) is 22.5. The van der Waals surface area contributed by atoms with Gasteiger partial charge in [-0.15, -0.1) is 0 Å². The maximum Gasteiger partial charge on any atom is 0.245 e. The summed E-state index contributed by atoms with van der Waals surface area (Å²) in [6.45, 7) is 11.5. The summed E-state index contributed by atoms with van der Waals surface area (Å²) in [7, 11) is 3.25. The summed E-state index contributed by atoms with van der Waals surface area (Å²) in [6, 6.07) is -2.26. The van der Waals surface area contributed by atoms with Gasteiger partial charge < -0.3 is 25.7 Å². The lowest BCUT2D eigenvalue weighted by Crippen LogP contribution is -2.59. The van der Waals surface area contributed by atoms with Crippen molar-refractivity contribution in [2.75, 3.05) is 20.7 Å². The minimum absolute atomic E-state index is 0.0970. The molecule has 34 heavy (non-hydrogen) atoms. The molecule has 0 unspecified atom stereocenters. The van der Waals surface area contributed by atoms with Crippen molar-refractivity contribution >= 4 is 17.6 Å². The number of hydrogen-bond donors (Lipinski definition) is 4. The van der Waals surface area contributed by atoms with Crippen molar-refractivity contribution in [2.45, 2.75) is 97.9 Å². The first-order valence-electron chi connectivity index (χ1n) is 12.6. The Kier molecular flexibility index (Phi) is 15.9. The van der Waals surface area contributed by atoms with Gasteiger partial charge in [-0.2, -0.15) is 0 Å². The van der Waals surface area contributed by atoms with Crippen LogP contribution in [0.2, 0.25) is 0 Å². The van der Waals surface area contributed by atoms with E-state index in [1.807, 2.05) is 41.5 Å². The smallest absolute Gasteiger partial charge is 0.245 e. The molecule has 4 N–H and O–H groups in total. The Balaban J connectivity index is 5.82. The predicted octanol–water partition coefficient (Wildman–Crippen LogP) is 2.28. The van der Waals surface area contributed by atoms with Crippen LogP contribution in [0.4, 0.5) is 0 Å². The third-order valence-corrected chi connectivity index (χ3v) is 6.16. The van der Waals surface area contributed by atoms with Gasteiger partial charge in [0.25, 0.3) is 0 Å². The van der Waals surface area contributed by atoms with E-state index < -0.39 is 30.1 Å². The van der Waals surface area contributed by atoms with Crippen molar-refractivity contribution in [3.05, 3.63) is 12.2 Å². The molecule has 0 aliphatic carbocycles. The molecule has 0 rings (SSSR count). The van der Waals surface area contributed by atoms with Gasteiger partial charge in [-0.25, -0.2) is 0 Å². The Labute approximate surface area is 206 Å². The molecule has 0 aromatic carbocycles. The number of amides is 2. The lowest BCUT2D eigenvalue weighted by Gasteiger charge is -2.37. The molecule has 0 spiro atoms. The number of nitrogens with zero attached hydrogens (tertiary/aromatic N) is 1. The standard InChI is InChI=1S/C26H49N3O5/c1-9-10-14-21(31)23(24(32)19(6)13-11-12-15-30)29(8)26(34)22(18(4)5)28-25(33)20(27-7)16-17(2)3/h11-12,17-20,22-24,27,30,32H,9-10,13-16H2,1-8H3,(H,28,33)/b12-11+/t19-,20+,22+,23+,24-/m1/s1. The number of rotatable bonds is 17. The first-order chi connectivity index (χ1) is 15.9. The SMILES string of the molecule is CCCCC(=O)[C@@H]([C@H](O)[C@H](C)C/C=C/CO)N(C)C(=O)[C@@H](NC(=O)[C@H](CC(C)C)NC)C(C)C. The fraction of sp³-hybridized carbons (Fsp3) is 0.808. The van der Waals surface area contributed by atoms with Crippen LogP contribution in [0, 0.1) is 17.8 Å². The average Bonchev–Trinajstić information content (AvgIpc) is 2.78. The number of likely N-dealkylation sites (N-methyl/N-ethyl adjacent to an activating group) is 2. The molecule has 198 valence electrons. The maximum atomic E-state index is 13.5. The number of allylic oxidation sites excluding steroid dienone is 1. The van der Waals surface area contributed by atoms with Gasteiger partial charge >= 0.3 is 0 Å². The van der Waals surface area contributed by atoms with Crippen LogP contribution in [0.25, 0.3) is 0 Å². The van der Waals surface area contributed by atoms with Gasteiger partial charge in [-0.05, 0) is 44.1 Å². The number of hydrogen-bond acceptors (Lipinski definition) is 6. The molecule has 0 heterocycles. The lowest BCUT2D eigenvalue weighted by molar-refractivity contribution is -0.147. The van der Waals surface area contributed by atoms with E-state index in [4.69, 9.17) is 5.11 Å². The summed E-state index contributed by atoms with van der Waals surface area (Å²) in [6.07, 6.45) is 5.13. The highest BCUT2D eigenvalue weighted by Gasteiger charge is 2.39. The van der Waals surface area contributed by atoms with Crippen LogP contribution in [0.15, 0.2) is 12.2 Å². The summed E-state index contributed by atoms with van der Waals surface area (Å²) >= 11 is 0. The highest BCUT2D eigenvalue weighted by molar-refractivity contribution is 5.94. The number of aliphatic hydroxyl groups excluding tert-OH is 2. The zero-order valence-corrected chi connectivity index (χ0v) is 22.5. The van der Waals surface area contributed by atoms with Crippen molar-refractivity contribution in [3.8, 4) is 0 Å². The Bertz CT molecular complexity index is 650. The van der Waals surface area contributed by atoms with E-state index in [0.717, 1.165) is 6.42 Å². The van der Waals surface area contributed by atoms with E-state index in [1.165, 1.54) is 11.9 Å². The van der Waals surface area contributed by atoms with Gasteiger partial charge in [0.1, 0.15) is 12.1 Å². The largest absolute Gasteiger partial charge is 0.392 e.